The van der Waals surface area contributed by atoms with Gasteiger partial charge >= 0.3 is 11.9 Å². The lowest BCUT2D eigenvalue weighted by Crippen LogP contribution is -2.12. The first-order chi connectivity index (χ1) is 18.9. The second kappa shape index (κ2) is 17.2. The highest BCUT2D eigenvalue weighted by Crippen LogP contribution is 2.32. The Morgan fingerprint density at radius 2 is 1.48 bits per heavy atom. The predicted molar refractivity (Wildman–Crippen MR) is 150 cm³/mol. The summed E-state index contributed by atoms with van der Waals surface area (Å²) in [5.41, 5.74) is 2.87. The lowest BCUT2D eigenvalue weighted by molar-refractivity contribution is -0.134. The van der Waals surface area contributed by atoms with Gasteiger partial charge in [-0.15, -0.1) is 0 Å². The summed E-state index contributed by atoms with van der Waals surface area (Å²) < 4.78 is 18.5. The Bertz CT molecular complexity index is 1430. The monoisotopic (exact) mass is 585 g/mol. The highest BCUT2D eigenvalue weighted by atomic mass is 35.5. The predicted octanol–water partition coefficient (Wildman–Crippen LogP) is 6.69. The Labute approximate surface area is 241 Å². The van der Waals surface area contributed by atoms with Crippen LogP contribution in [0.4, 0.5) is 4.39 Å². The zero-order valence-corrected chi connectivity index (χ0v) is 23.4. The summed E-state index contributed by atoms with van der Waals surface area (Å²) in [4.78, 5) is 21.2. The van der Waals surface area contributed by atoms with E-state index in [1.54, 1.807) is 24.3 Å². The lowest BCUT2D eigenvalue weighted by Gasteiger charge is -2.17. The summed E-state index contributed by atoms with van der Waals surface area (Å²) in [5, 5.41) is 34.0. The summed E-state index contributed by atoms with van der Waals surface area (Å²) in [5.74, 6) is -1.82. The third-order valence-corrected chi connectivity index (χ3v) is 5.24. The van der Waals surface area contributed by atoms with Crippen LogP contribution in [0.3, 0.4) is 0 Å². The largest absolute Gasteiger partial charge is 0.478 e. The smallest absolute Gasteiger partial charge is 0.328 e. The van der Waals surface area contributed by atoms with Crippen molar-refractivity contribution in [2.24, 2.45) is 0 Å². The number of aliphatic carboxylic acids is 2. The topological polar surface area (TPSA) is 135 Å². The molecule has 208 valence electrons. The highest BCUT2D eigenvalue weighted by molar-refractivity contribution is 6.31. The van der Waals surface area contributed by atoms with E-state index in [0.717, 1.165) is 30.3 Å². The molecule has 0 radical (unpaired) electrons. The molecule has 11 heteroatoms. The van der Waals surface area contributed by atoms with Crippen LogP contribution in [-0.2, 0) is 22.6 Å². The Morgan fingerprint density at radius 1 is 0.925 bits per heavy atom. The molecule has 3 rings (SSSR count). The quantitative estimate of drug-likeness (QED) is 0.293. The number of benzene rings is 3. The molecule has 0 fully saturated rings. The van der Waals surface area contributed by atoms with E-state index in [1.807, 2.05) is 26.2 Å². The Morgan fingerprint density at radius 3 is 1.95 bits per heavy atom. The number of ether oxygens (including phenoxy) is 1. The minimum atomic E-state index is -1.26. The van der Waals surface area contributed by atoms with Gasteiger partial charge in [0.25, 0.3) is 0 Å². The van der Waals surface area contributed by atoms with Crippen LogP contribution in [0, 0.1) is 28.5 Å². The first kappa shape index (κ1) is 33.6. The molecule has 0 spiro atoms. The Balaban J connectivity index is 0.000000366. The van der Waals surface area contributed by atoms with Crippen LogP contribution < -0.4 is 4.74 Å². The molecule has 0 aromatic heterocycles. The van der Waals surface area contributed by atoms with Crippen LogP contribution >= 0.6 is 23.2 Å². The van der Waals surface area contributed by atoms with Crippen LogP contribution in [0.2, 0.25) is 10.0 Å². The van der Waals surface area contributed by atoms with Crippen LogP contribution in [0.15, 0.2) is 66.7 Å². The SMILES string of the molecule is CCc1c(CN(C)C)cccc1Oc1cc(Cl)ccc1C#N.N#Cc1ccc(Cl)cc1F.O=C(O)/C=C/C(=O)O. The molecule has 0 heterocycles. The van der Waals surface area contributed by atoms with Crippen LogP contribution in [-0.4, -0.2) is 41.1 Å². The van der Waals surface area contributed by atoms with Gasteiger partial charge in [-0.05, 0) is 68.0 Å². The number of nitrogens with zero attached hydrogens (tertiary/aromatic N) is 3. The van der Waals surface area contributed by atoms with E-state index in [9.17, 15) is 19.2 Å². The van der Waals surface area contributed by atoms with Gasteiger partial charge in [-0.25, -0.2) is 14.0 Å². The summed E-state index contributed by atoms with van der Waals surface area (Å²) in [6.07, 6.45) is 1.98. The summed E-state index contributed by atoms with van der Waals surface area (Å²) in [6, 6.07) is 18.8. The minimum Gasteiger partial charge on any atom is -0.478 e. The van der Waals surface area contributed by atoms with E-state index in [1.165, 1.54) is 17.7 Å². The van der Waals surface area contributed by atoms with Gasteiger partial charge in [0, 0.05) is 34.8 Å². The van der Waals surface area contributed by atoms with Crippen molar-refractivity contribution in [2.75, 3.05) is 14.1 Å². The van der Waals surface area contributed by atoms with Crippen molar-refractivity contribution in [1.29, 1.82) is 10.5 Å². The third-order valence-electron chi connectivity index (χ3n) is 4.77. The molecule has 0 amide bonds. The molecule has 0 bridgehead atoms. The Hall–Kier alpha value is -4.41. The fourth-order valence-corrected chi connectivity index (χ4v) is 3.43. The average molecular weight is 586 g/mol. The number of carboxylic acid groups (broad SMARTS) is 2. The average Bonchev–Trinajstić information content (AvgIpc) is 2.88. The number of carbonyl (C=O) groups is 2. The molecule has 0 aliphatic carbocycles. The number of carboxylic acids is 2. The minimum absolute atomic E-state index is 0.0180. The molecule has 0 unspecified atom stereocenters. The van der Waals surface area contributed by atoms with Crippen molar-refractivity contribution in [3.05, 3.63) is 105 Å². The fourth-order valence-electron chi connectivity index (χ4n) is 3.11. The van der Waals surface area contributed by atoms with E-state index in [-0.39, 0.29) is 5.56 Å². The van der Waals surface area contributed by atoms with Gasteiger partial charge in [0.2, 0.25) is 0 Å². The lowest BCUT2D eigenvalue weighted by atomic mass is 10.0. The number of halogens is 3. The number of hydrogen-bond donors (Lipinski definition) is 2. The molecule has 0 aliphatic rings. The number of nitriles is 2. The van der Waals surface area contributed by atoms with Gasteiger partial charge in [0.15, 0.2) is 0 Å². The van der Waals surface area contributed by atoms with E-state index >= 15 is 0 Å². The molecule has 0 saturated carbocycles. The third kappa shape index (κ3) is 12.0. The molecule has 3 aromatic carbocycles. The van der Waals surface area contributed by atoms with E-state index in [2.05, 4.69) is 24.0 Å². The van der Waals surface area contributed by atoms with E-state index < -0.39 is 17.8 Å². The molecule has 3 aromatic rings. The van der Waals surface area contributed by atoms with Gasteiger partial charge < -0.3 is 19.8 Å². The first-order valence-corrected chi connectivity index (χ1v) is 12.3. The van der Waals surface area contributed by atoms with Gasteiger partial charge in [-0.1, -0.05) is 42.3 Å². The van der Waals surface area contributed by atoms with Crippen molar-refractivity contribution in [1.82, 2.24) is 4.90 Å². The van der Waals surface area contributed by atoms with Crippen molar-refractivity contribution in [3.8, 4) is 23.6 Å². The summed E-state index contributed by atoms with van der Waals surface area (Å²) in [6.45, 7) is 2.95. The molecule has 2 N–H and O–H groups in total. The standard InChI is InChI=1S/C18H19ClN2O.C7H3ClFN.C4H4O4/c1-4-16-14(12-21(2)3)6-5-7-17(16)22-18-10-15(19)9-8-13(18)11-20;8-6-2-1-5(4-10)7(9)3-6;5-3(6)1-2-4(7)8/h5-10H,4,12H2,1-3H3;1-3H;1-2H,(H,5,6)(H,7,8)/b;;2-1+. The molecule has 0 aliphatic heterocycles. The zero-order chi connectivity index (χ0) is 30.2. The fraction of sp³-hybridized carbons (Fsp3) is 0.172. The van der Waals surface area contributed by atoms with Crippen molar-refractivity contribution < 1.29 is 28.9 Å². The second-order valence-electron chi connectivity index (χ2n) is 8.09. The zero-order valence-electron chi connectivity index (χ0n) is 21.9. The molecule has 8 nitrogen and oxygen atoms in total. The van der Waals surface area contributed by atoms with Crippen LogP contribution in [0.5, 0.6) is 11.5 Å². The van der Waals surface area contributed by atoms with Crippen LogP contribution in [0.1, 0.15) is 29.2 Å². The highest BCUT2D eigenvalue weighted by Gasteiger charge is 2.12. The second-order valence-corrected chi connectivity index (χ2v) is 8.96. The van der Waals surface area contributed by atoms with Crippen molar-refractivity contribution >= 4 is 35.1 Å². The van der Waals surface area contributed by atoms with Gasteiger partial charge in [-0.3, -0.25) is 0 Å². The first-order valence-electron chi connectivity index (χ1n) is 11.5. The van der Waals surface area contributed by atoms with Gasteiger partial charge in [0.1, 0.15) is 29.5 Å². The van der Waals surface area contributed by atoms with Gasteiger partial charge in [0.05, 0.1) is 11.1 Å². The van der Waals surface area contributed by atoms with Gasteiger partial charge in [-0.2, -0.15) is 10.5 Å². The number of hydrogen-bond acceptors (Lipinski definition) is 6. The maximum absolute atomic E-state index is 12.5. The van der Waals surface area contributed by atoms with Crippen LogP contribution in [0.25, 0.3) is 0 Å². The molecular formula is C29H26Cl2FN3O5. The summed E-state index contributed by atoms with van der Waals surface area (Å²) in [7, 11) is 4.08. The summed E-state index contributed by atoms with van der Waals surface area (Å²) >= 11 is 11.4. The van der Waals surface area contributed by atoms with E-state index in [0.29, 0.717) is 33.5 Å². The van der Waals surface area contributed by atoms with Crippen molar-refractivity contribution in [2.45, 2.75) is 19.9 Å². The molecule has 40 heavy (non-hydrogen) atoms. The number of rotatable bonds is 7. The van der Waals surface area contributed by atoms with Crippen molar-refractivity contribution in [3.63, 3.8) is 0 Å². The maximum atomic E-state index is 12.5. The normalized spacial score (nSPS) is 9.93. The molecule has 0 atom stereocenters. The molecule has 0 saturated heterocycles. The van der Waals surface area contributed by atoms with E-state index in [4.69, 9.17) is 43.4 Å². The molecular weight excluding hydrogens is 560 g/mol. The Kier molecular flexibility index (Phi) is 14.5. The maximum Gasteiger partial charge on any atom is 0.328 e.